The van der Waals surface area contributed by atoms with Crippen LogP contribution in [0.4, 0.5) is 0 Å². The largest absolute Gasteiger partial charge is 0.504 e. The minimum Gasteiger partial charge on any atom is -0.504 e. The fourth-order valence-corrected chi connectivity index (χ4v) is 9.43. The Bertz CT molecular complexity index is 2010. The van der Waals surface area contributed by atoms with Gasteiger partial charge in [0.15, 0.2) is 23.0 Å². The number of carboxylic acids is 1. The van der Waals surface area contributed by atoms with Crippen LogP contribution in [0.25, 0.3) is 0 Å². The topological polar surface area (TPSA) is 183 Å². The Morgan fingerprint density at radius 2 is 0.637 bits per heavy atom. The van der Waals surface area contributed by atoms with Crippen molar-refractivity contribution in [2.45, 2.75) is 290 Å². The van der Waals surface area contributed by atoms with Crippen LogP contribution in [-0.4, -0.2) is 45.2 Å². The summed E-state index contributed by atoms with van der Waals surface area (Å²) in [7, 11) is 0. The van der Waals surface area contributed by atoms with Crippen molar-refractivity contribution in [2.24, 2.45) is 0 Å². The van der Waals surface area contributed by atoms with Gasteiger partial charge in [0.2, 0.25) is 11.5 Å². The second-order valence-electron chi connectivity index (χ2n) is 21.8. The normalized spacial score (nSPS) is 11.5. The lowest BCUT2D eigenvalue weighted by Crippen LogP contribution is -2.17. The first-order valence-corrected chi connectivity index (χ1v) is 31.8. The number of phenolic OH excluding ortho intramolecular Hbond substituents is 2. The van der Waals surface area contributed by atoms with Crippen LogP contribution in [0.1, 0.15) is 311 Å². The van der Waals surface area contributed by atoms with E-state index in [0.717, 1.165) is 140 Å². The lowest BCUT2D eigenvalue weighted by molar-refractivity contribution is -0.138. The average Bonchev–Trinajstić information content (AvgIpc) is 3.44. The van der Waals surface area contributed by atoms with Gasteiger partial charge in [-0.2, -0.15) is 0 Å². The molecule has 0 atom stereocenters. The molecular weight excluding hydrogens is 1010 g/mol. The van der Waals surface area contributed by atoms with Crippen LogP contribution < -0.4 is 18.9 Å². The number of carboxylic acid groups (broad SMARTS) is 1. The van der Waals surface area contributed by atoms with Crippen LogP contribution in [0.2, 0.25) is 0 Å². The fourth-order valence-electron chi connectivity index (χ4n) is 9.43. The summed E-state index contributed by atoms with van der Waals surface area (Å²) in [6.07, 6.45) is 56.3. The highest BCUT2D eigenvalue weighted by atomic mass is 16.6. The summed E-state index contributed by atoms with van der Waals surface area (Å²) < 4.78 is 23.0. The molecule has 2 rings (SSSR count). The van der Waals surface area contributed by atoms with Gasteiger partial charge in [-0.3, -0.25) is 14.4 Å². The Morgan fingerprint density at radius 1 is 0.350 bits per heavy atom. The maximum absolute atomic E-state index is 13.8. The molecule has 450 valence electrons. The van der Waals surface area contributed by atoms with Crippen molar-refractivity contribution in [1.82, 2.24) is 0 Å². The Morgan fingerprint density at radius 3 is 0.963 bits per heavy atom. The SMILES string of the molecule is CCCCCCCC/C=C\CCCCCCCC(=O)Oc1cc(C(=O)Oc2cc(C(=O)O)cc(O)c2O)cc(OC(=O)CCCCCCC/C=C\CCCCCCCC)c1OC(=O)CCCCCCC/C=C\CCCCCCCC. The van der Waals surface area contributed by atoms with E-state index in [0.29, 0.717) is 19.3 Å². The first-order chi connectivity index (χ1) is 39.0. The van der Waals surface area contributed by atoms with E-state index < -0.39 is 52.7 Å². The molecule has 0 aliphatic heterocycles. The highest BCUT2D eigenvalue weighted by Crippen LogP contribution is 2.42. The number of unbranched alkanes of at least 4 members (excludes halogenated alkanes) is 33. The maximum atomic E-state index is 13.8. The first kappa shape index (κ1) is 70.7. The number of phenols is 2. The van der Waals surface area contributed by atoms with Crippen molar-refractivity contribution in [3.05, 3.63) is 71.8 Å². The van der Waals surface area contributed by atoms with E-state index in [9.17, 15) is 39.3 Å². The van der Waals surface area contributed by atoms with Gasteiger partial charge in [0.1, 0.15) is 0 Å². The predicted molar refractivity (Wildman–Crippen MR) is 323 cm³/mol. The van der Waals surface area contributed by atoms with Gasteiger partial charge in [0.05, 0.1) is 11.1 Å². The van der Waals surface area contributed by atoms with Crippen LogP contribution >= 0.6 is 0 Å². The molecule has 0 heterocycles. The van der Waals surface area contributed by atoms with E-state index in [4.69, 9.17) is 18.9 Å². The molecule has 2 aromatic rings. The summed E-state index contributed by atoms with van der Waals surface area (Å²) in [5, 5.41) is 30.3. The van der Waals surface area contributed by atoms with E-state index in [1.165, 1.54) is 116 Å². The molecule has 0 saturated carbocycles. The van der Waals surface area contributed by atoms with Crippen LogP contribution in [0.5, 0.6) is 34.5 Å². The minimum atomic E-state index is -1.45. The van der Waals surface area contributed by atoms with Gasteiger partial charge in [-0.05, 0) is 121 Å². The van der Waals surface area contributed by atoms with Crippen LogP contribution in [-0.2, 0) is 14.4 Å². The number of aromatic hydroxyl groups is 2. The molecule has 0 aliphatic carbocycles. The lowest BCUT2D eigenvalue weighted by Gasteiger charge is -2.17. The van der Waals surface area contributed by atoms with Crippen molar-refractivity contribution in [1.29, 1.82) is 0 Å². The molecule has 12 heteroatoms. The Labute approximate surface area is 483 Å². The zero-order valence-electron chi connectivity index (χ0n) is 50.0. The molecule has 0 radical (unpaired) electrons. The molecule has 0 spiro atoms. The molecule has 0 aliphatic rings. The van der Waals surface area contributed by atoms with E-state index in [2.05, 4.69) is 57.2 Å². The molecule has 2 aromatic carbocycles. The molecule has 0 fully saturated rings. The summed E-state index contributed by atoms with van der Waals surface area (Å²) in [5.41, 5.74) is -0.804. The second kappa shape index (κ2) is 48.3. The van der Waals surface area contributed by atoms with Crippen molar-refractivity contribution in [2.75, 3.05) is 0 Å². The zero-order valence-corrected chi connectivity index (χ0v) is 50.0. The number of benzene rings is 2. The molecule has 0 bridgehead atoms. The lowest BCUT2D eigenvalue weighted by atomic mass is 10.1. The van der Waals surface area contributed by atoms with E-state index >= 15 is 0 Å². The highest BCUT2D eigenvalue weighted by Gasteiger charge is 2.27. The van der Waals surface area contributed by atoms with Crippen LogP contribution in [0.3, 0.4) is 0 Å². The summed E-state index contributed by atoms with van der Waals surface area (Å²) in [4.78, 5) is 66.3. The third-order valence-corrected chi connectivity index (χ3v) is 14.4. The second-order valence-corrected chi connectivity index (χ2v) is 21.8. The van der Waals surface area contributed by atoms with Crippen molar-refractivity contribution in [3.8, 4) is 34.5 Å². The van der Waals surface area contributed by atoms with E-state index in [1.54, 1.807) is 0 Å². The number of carbonyl (C=O) groups is 5. The van der Waals surface area contributed by atoms with Crippen molar-refractivity contribution in [3.63, 3.8) is 0 Å². The quantitative estimate of drug-likeness (QED) is 0.0188. The summed E-state index contributed by atoms with van der Waals surface area (Å²) in [6, 6.07) is 3.90. The summed E-state index contributed by atoms with van der Waals surface area (Å²) >= 11 is 0. The van der Waals surface area contributed by atoms with Crippen molar-refractivity contribution < 1.29 is 58.2 Å². The average molecular weight is 1120 g/mol. The summed E-state index contributed by atoms with van der Waals surface area (Å²) in [5.74, 6) is -8.04. The van der Waals surface area contributed by atoms with Gasteiger partial charge in [0, 0.05) is 19.3 Å². The molecule has 12 nitrogen and oxygen atoms in total. The maximum Gasteiger partial charge on any atom is 0.343 e. The van der Waals surface area contributed by atoms with Gasteiger partial charge >= 0.3 is 29.8 Å². The zero-order chi connectivity index (χ0) is 58.1. The highest BCUT2D eigenvalue weighted by molar-refractivity contribution is 5.95. The smallest absolute Gasteiger partial charge is 0.343 e. The van der Waals surface area contributed by atoms with Gasteiger partial charge in [0.25, 0.3) is 0 Å². The number of rotatable bonds is 51. The van der Waals surface area contributed by atoms with Crippen LogP contribution in [0, 0.1) is 0 Å². The first-order valence-electron chi connectivity index (χ1n) is 31.8. The number of allylic oxidation sites excluding steroid dienone is 6. The van der Waals surface area contributed by atoms with Crippen LogP contribution in [0.15, 0.2) is 60.7 Å². The van der Waals surface area contributed by atoms with Gasteiger partial charge in [-0.25, -0.2) is 9.59 Å². The van der Waals surface area contributed by atoms with E-state index in [-0.39, 0.29) is 42.1 Å². The number of ether oxygens (including phenoxy) is 4. The van der Waals surface area contributed by atoms with E-state index in [1.807, 2.05) is 0 Å². The number of hydrogen-bond acceptors (Lipinski definition) is 11. The Kier molecular flexibility index (Phi) is 42.7. The Hall–Kier alpha value is -5.39. The molecule has 0 unspecified atom stereocenters. The third-order valence-electron chi connectivity index (χ3n) is 14.4. The number of esters is 4. The Balaban J connectivity index is 2.18. The van der Waals surface area contributed by atoms with Gasteiger partial charge in [-0.15, -0.1) is 0 Å². The molecule has 0 saturated heterocycles. The molecule has 0 aromatic heterocycles. The fraction of sp³-hybridized carbons (Fsp3) is 0.662. The summed E-state index contributed by atoms with van der Waals surface area (Å²) in [6.45, 7) is 6.70. The van der Waals surface area contributed by atoms with Gasteiger partial charge in [-0.1, -0.05) is 211 Å². The van der Waals surface area contributed by atoms with Crippen molar-refractivity contribution >= 4 is 29.8 Å². The monoisotopic (exact) mass is 1110 g/mol. The third kappa shape index (κ3) is 36.1. The number of aromatic carboxylic acids is 1. The van der Waals surface area contributed by atoms with Gasteiger partial charge < -0.3 is 34.3 Å². The molecular formula is C68H106O12. The standard InChI is InChI=1S/C68H106O12/c1-4-7-10-13-16-19-22-25-28-31-34-37-40-43-46-49-62(70)77-60-54-57(68(76)79-59-53-56(67(74)75)52-58(69)65(59)73)55-61(78-63(71)50-47-44-41-38-35-32-29-26-23-20-17-14-11-8-5-2)66(60)80-64(72)51-48-45-42-39-36-33-30-27-24-21-18-15-12-9-6-3/h25-30,52-55,69,73H,4-24,31-51H2,1-3H3,(H,74,75)/b28-25-,29-26-,30-27-. The molecule has 80 heavy (non-hydrogen) atoms. The predicted octanol–water partition coefficient (Wildman–Crippen LogP) is 19.8. The molecule has 3 N–H and O–H groups in total. The number of carbonyl (C=O) groups excluding carboxylic acids is 4. The number of hydrogen-bond donors (Lipinski definition) is 3. The molecule has 0 amide bonds. The minimum absolute atomic E-state index is 0.0227.